The van der Waals surface area contributed by atoms with Gasteiger partial charge < -0.3 is 9.47 Å². The normalized spacial score (nSPS) is 22.6. The van der Waals surface area contributed by atoms with E-state index in [9.17, 15) is 4.79 Å². The maximum absolute atomic E-state index is 11.7. The Bertz CT molecular complexity index is 627. The van der Waals surface area contributed by atoms with Crippen molar-refractivity contribution in [2.75, 3.05) is 20.2 Å². The predicted molar refractivity (Wildman–Crippen MR) is 87.1 cm³/mol. The zero-order valence-electron chi connectivity index (χ0n) is 12.5. The Morgan fingerprint density at radius 1 is 1.55 bits per heavy atom. The third-order valence-electron chi connectivity index (χ3n) is 3.46. The highest BCUT2D eigenvalue weighted by Gasteiger charge is 2.31. The number of nitrogens with zero attached hydrogens (tertiary/aromatic N) is 2. The Labute approximate surface area is 137 Å². The van der Waals surface area contributed by atoms with Crippen LogP contribution in [0.1, 0.15) is 11.8 Å². The summed E-state index contributed by atoms with van der Waals surface area (Å²) in [6, 6.07) is 4.11. The Morgan fingerprint density at radius 3 is 3.14 bits per heavy atom. The summed E-state index contributed by atoms with van der Waals surface area (Å²) < 4.78 is 10.4. The number of hydrogen-bond acceptors (Lipinski definition) is 7. The van der Waals surface area contributed by atoms with Gasteiger partial charge in [-0.15, -0.1) is 22.7 Å². The number of thiophene rings is 1. The van der Waals surface area contributed by atoms with Crippen LogP contribution in [0.3, 0.4) is 0 Å². The highest BCUT2D eigenvalue weighted by Crippen LogP contribution is 2.29. The average Bonchev–Trinajstić information content (AvgIpc) is 3.16. The molecular formula is C15H18N2O3S2. The first-order valence-corrected chi connectivity index (χ1v) is 8.79. The quantitative estimate of drug-likeness (QED) is 0.802. The van der Waals surface area contributed by atoms with E-state index < -0.39 is 6.10 Å². The summed E-state index contributed by atoms with van der Waals surface area (Å²) in [4.78, 5) is 20.8. The molecule has 2 aromatic rings. The molecule has 1 saturated heterocycles. The van der Waals surface area contributed by atoms with Gasteiger partial charge in [0.15, 0.2) is 6.10 Å². The molecule has 118 valence electrons. The summed E-state index contributed by atoms with van der Waals surface area (Å²) >= 11 is 3.40. The van der Waals surface area contributed by atoms with Crippen LogP contribution in [-0.2, 0) is 20.8 Å². The SMILES string of the molecule is COC(=O)C1CN(Cc2cnc(-c3cccs3)s2)C[C@@H](C)O1. The minimum atomic E-state index is -0.501. The van der Waals surface area contributed by atoms with E-state index in [0.29, 0.717) is 6.54 Å². The molecule has 0 amide bonds. The number of rotatable bonds is 4. The van der Waals surface area contributed by atoms with Crippen LogP contribution < -0.4 is 0 Å². The minimum absolute atomic E-state index is 0.0162. The van der Waals surface area contributed by atoms with Crippen LogP contribution in [0, 0.1) is 0 Å². The zero-order valence-corrected chi connectivity index (χ0v) is 14.2. The summed E-state index contributed by atoms with van der Waals surface area (Å²) in [5, 5.41) is 3.11. The Kier molecular flexibility index (Phi) is 4.87. The van der Waals surface area contributed by atoms with Crippen LogP contribution in [0.2, 0.25) is 0 Å². The molecule has 2 aromatic heterocycles. The third-order valence-corrected chi connectivity index (χ3v) is 5.49. The molecule has 0 radical (unpaired) electrons. The average molecular weight is 338 g/mol. The monoisotopic (exact) mass is 338 g/mol. The zero-order chi connectivity index (χ0) is 15.5. The van der Waals surface area contributed by atoms with Gasteiger partial charge in [-0.1, -0.05) is 6.07 Å². The van der Waals surface area contributed by atoms with E-state index in [1.54, 1.807) is 22.7 Å². The number of morpholine rings is 1. The Morgan fingerprint density at radius 2 is 2.41 bits per heavy atom. The molecule has 2 atom stereocenters. The molecule has 3 rings (SSSR count). The number of thiazole rings is 1. The molecule has 0 spiro atoms. The molecule has 1 aliphatic heterocycles. The van der Waals surface area contributed by atoms with Gasteiger partial charge >= 0.3 is 5.97 Å². The first-order valence-electron chi connectivity index (χ1n) is 7.10. The number of carbonyl (C=O) groups excluding carboxylic acids is 1. The molecule has 0 aliphatic carbocycles. The van der Waals surface area contributed by atoms with Crippen LogP contribution in [0.15, 0.2) is 23.7 Å². The lowest BCUT2D eigenvalue weighted by atomic mass is 10.2. The van der Waals surface area contributed by atoms with E-state index in [4.69, 9.17) is 9.47 Å². The van der Waals surface area contributed by atoms with Gasteiger partial charge in [-0.3, -0.25) is 4.90 Å². The van der Waals surface area contributed by atoms with Crippen molar-refractivity contribution in [2.24, 2.45) is 0 Å². The molecule has 0 bridgehead atoms. The molecule has 1 aliphatic rings. The van der Waals surface area contributed by atoms with Crippen LogP contribution in [-0.4, -0.2) is 48.3 Å². The summed E-state index contributed by atoms with van der Waals surface area (Å²) in [7, 11) is 1.39. The largest absolute Gasteiger partial charge is 0.467 e. The lowest BCUT2D eigenvalue weighted by molar-refractivity contribution is -0.166. The van der Waals surface area contributed by atoms with E-state index in [0.717, 1.165) is 18.1 Å². The second-order valence-corrected chi connectivity index (χ2v) is 7.32. The number of aromatic nitrogens is 1. The van der Waals surface area contributed by atoms with E-state index >= 15 is 0 Å². The topological polar surface area (TPSA) is 51.7 Å². The van der Waals surface area contributed by atoms with E-state index in [1.807, 2.05) is 19.2 Å². The van der Waals surface area contributed by atoms with Gasteiger partial charge in [0.1, 0.15) is 5.01 Å². The fraction of sp³-hybridized carbons (Fsp3) is 0.467. The molecule has 22 heavy (non-hydrogen) atoms. The molecule has 0 saturated carbocycles. The number of ether oxygens (including phenoxy) is 2. The second-order valence-electron chi connectivity index (χ2n) is 5.26. The number of hydrogen-bond donors (Lipinski definition) is 0. The third kappa shape index (κ3) is 3.55. The summed E-state index contributed by atoms with van der Waals surface area (Å²) in [5.41, 5.74) is 0. The smallest absolute Gasteiger partial charge is 0.336 e. The molecule has 0 aromatic carbocycles. The van der Waals surface area contributed by atoms with Crippen molar-refractivity contribution >= 4 is 28.6 Å². The highest BCUT2D eigenvalue weighted by atomic mass is 32.1. The van der Waals surface area contributed by atoms with E-state index in [1.165, 1.54) is 16.9 Å². The van der Waals surface area contributed by atoms with Gasteiger partial charge in [-0.05, 0) is 18.4 Å². The molecule has 0 N–H and O–H groups in total. The summed E-state index contributed by atoms with van der Waals surface area (Å²) in [6.07, 6.45) is 1.44. The Hall–Kier alpha value is -1.28. The van der Waals surface area contributed by atoms with Gasteiger partial charge in [0.2, 0.25) is 0 Å². The standard InChI is InChI=1S/C15H18N2O3S2/c1-10-7-17(9-12(20-10)15(18)19-2)8-11-6-16-14(22-11)13-4-3-5-21-13/h3-6,10,12H,7-9H2,1-2H3/t10-,12?/m1/s1. The van der Waals surface area contributed by atoms with Crippen LogP contribution >= 0.6 is 22.7 Å². The summed E-state index contributed by atoms with van der Waals surface area (Å²) in [5.74, 6) is -0.305. The Balaban J connectivity index is 1.66. The van der Waals surface area contributed by atoms with Crippen molar-refractivity contribution in [2.45, 2.75) is 25.7 Å². The van der Waals surface area contributed by atoms with Crippen LogP contribution in [0.5, 0.6) is 0 Å². The number of esters is 1. The van der Waals surface area contributed by atoms with Gasteiger partial charge in [-0.2, -0.15) is 0 Å². The van der Waals surface area contributed by atoms with Crippen LogP contribution in [0.4, 0.5) is 0 Å². The van der Waals surface area contributed by atoms with E-state index in [-0.39, 0.29) is 12.1 Å². The van der Waals surface area contributed by atoms with Gasteiger partial charge in [0, 0.05) is 30.7 Å². The molecule has 1 unspecified atom stereocenters. The lowest BCUT2D eigenvalue weighted by Crippen LogP contribution is -2.49. The van der Waals surface area contributed by atoms with Gasteiger partial charge in [0.05, 0.1) is 18.1 Å². The van der Waals surface area contributed by atoms with Gasteiger partial charge in [0.25, 0.3) is 0 Å². The van der Waals surface area contributed by atoms with Crippen LogP contribution in [0.25, 0.3) is 9.88 Å². The van der Waals surface area contributed by atoms with Crippen molar-refractivity contribution < 1.29 is 14.3 Å². The molecule has 5 nitrogen and oxygen atoms in total. The molecule has 3 heterocycles. The van der Waals surface area contributed by atoms with Crippen molar-refractivity contribution in [3.8, 4) is 9.88 Å². The number of carbonyl (C=O) groups is 1. The highest BCUT2D eigenvalue weighted by molar-refractivity contribution is 7.20. The first kappa shape index (κ1) is 15.6. The van der Waals surface area contributed by atoms with Crippen molar-refractivity contribution in [1.82, 2.24) is 9.88 Å². The lowest BCUT2D eigenvalue weighted by Gasteiger charge is -2.35. The molecule has 1 fully saturated rings. The van der Waals surface area contributed by atoms with Crippen molar-refractivity contribution in [3.63, 3.8) is 0 Å². The first-order chi connectivity index (χ1) is 10.7. The van der Waals surface area contributed by atoms with E-state index in [2.05, 4.69) is 21.3 Å². The fourth-order valence-corrected chi connectivity index (χ4v) is 4.30. The minimum Gasteiger partial charge on any atom is -0.467 e. The number of methoxy groups -OCH3 is 1. The summed E-state index contributed by atoms with van der Waals surface area (Å²) in [6.45, 7) is 4.12. The van der Waals surface area contributed by atoms with Gasteiger partial charge in [-0.25, -0.2) is 9.78 Å². The second kappa shape index (κ2) is 6.87. The van der Waals surface area contributed by atoms with Crippen molar-refractivity contribution in [3.05, 3.63) is 28.6 Å². The maximum atomic E-state index is 11.7. The molecular weight excluding hydrogens is 320 g/mol. The molecule has 7 heteroatoms. The van der Waals surface area contributed by atoms with Crippen molar-refractivity contribution in [1.29, 1.82) is 0 Å². The maximum Gasteiger partial charge on any atom is 0.336 e. The predicted octanol–water partition coefficient (Wildman–Crippen LogP) is 2.63. The fourth-order valence-electron chi connectivity index (χ4n) is 2.54.